The van der Waals surface area contributed by atoms with Gasteiger partial charge in [0.05, 0.1) is 17.1 Å². The Morgan fingerprint density at radius 1 is 1.11 bits per heavy atom. The predicted octanol–water partition coefficient (Wildman–Crippen LogP) is 1.24. The van der Waals surface area contributed by atoms with Crippen molar-refractivity contribution in [2.75, 3.05) is 18.1 Å². The van der Waals surface area contributed by atoms with Gasteiger partial charge < -0.3 is 10.4 Å². The Balaban J connectivity index is 1.90. The summed E-state index contributed by atoms with van der Waals surface area (Å²) in [5, 5.41) is 13.9. The third-order valence-corrected chi connectivity index (χ3v) is 6.28. The summed E-state index contributed by atoms with van der Waals surface area (Å²) in [5.41, 5.74) is -0.979. The van der Waals surface area contributed by atoms with E-state index in [0.717, 1.165) is 25.7 Å². The van der Waals surface area contributed by atoms with Crippen LogP contribution in [-0.4, -0.2) is 42.7 Å². The second kappa shape index (κ2) is 5.10. The molecule has 1 unspecified atom stereocenters. The zero-order valence-corrected chi connectivity index (χ0v) is 12.1. The third-order valence-electron chi connectivity index (χ3n) is 4.38. The van der Waals surface area contributed by atoms with E-state index in [1.807, 2.05) is 6.92 Å². The van der Waals surface area contributed by atoms with Crippen LogP contribution in [0.3, 0.4) is 0 Å². The topological polar surface area (TPSA) is 66.4 Å². The Morgan fingerprint density at radius 3 is 2.22 bits per heavy atom. The van der Waals surface area contributed by atoms with Crippen LogP contribution in [0.4, 0.5) is 0 Å². The Labute approximate surface area is 110 Å². The smallest absolute Gasteiger partial charge is 0.152 e. The van der Waals surface area contributed by atoms with Gasteiger partial charge in [0.25, 0.3) is 0 Å². The molecule has 18 heavy (non-hydrogen) atoms. The minimum absolute atomic E-state index is 0.204. The van der Waals surface area contributed by atoms with E-state index < -0.39 is 15.4 Å². The molecule has 2 aliphatic rings. The molecule has 106 valence electrons. The summed E-state index contributed by atoms with van der Waals surface area (Å²) in [7, 11) is -2.88. The quantitative estimate of drug-likeness (QED) is 0.761. The van der Waals surface area contributed by atoms with Crippen LogP contribution < -0.4 is 5.32 Å². The summed E-state index contributed by atoms with van der Waals surface area (Å²) in [5.74, 6) is 0.477. The first-order valence-electron chi connectivity index (χ1n) is 7.01. The molecule has 5 heteroatoms. The summed E-state index contributed by atoms with van der Waals surface area (Å²) in [6, 6.07) is 0. The highest BCUT2D eigenvalue weighted by molar-refractivity contribution is 7.91. The Bertz CT molecular complexity index is 385. The van der Waals surface area contributed by atoms with Crippen LogP contribution in [0.2, 0.25) is 0 Å². The van der Waals surface area contributed by atoms with Gasteiger partial charge in [0.15, 0.2) is 9.84 Å². The zero-order chi connectivity index (χ0) is 13.3. The van der Waals surface area contributed by atoms with Gasteiger partial charge in [-0.3, -0.25) is 0 Å². The Kier molecular flexibility index (Phi) is 4.04. The fourth-order valence-corrected chi connectivity index (χ4v) is 5.21. The van der Waals surface area contributed by atoms with E-state index in [1.165, 1.54) is 12.8 Å². The van der Waals surface area contributed by atoms with Crippen LogP contribution in [-0.2, 0) is 9.84 Å². The average molecular weight is 275 g/mol. The van der Waals surface area contributed by atoms with Gasteiger partial charge in [-0.15, -0.1) is 0 Å². The van der Waals surface area contributed by atoms with Crippen molar-refractivity contribution < 1.29 is 13.5 Å². The summed E-state index contributed by atoms with van der Waals surface area (Å²) in [4.78, 5) is 0. The van der Waals surface area contributed by atoms with Gasteiger partial charge in [-0.2, -0.15) is 0 Å². The van der Waals surface area contributed by atoms with Crippen LogP contribution in [0.15, 0.2) is 0 Å². The molecule has 0 radical (unpaired) electrons. The zero-order valence-electron chi connectivity index (χ0n) is 11.2. The molecular weight excluding hydrogens is 250 g/mol. The highest BCUT2D eigenvalue weighted by atomic mass is 32.2. The van der Waals surface area contributed by atoms with Gasteiger partial charge in [0.2, 0.25) is 0 Å². The van der Waals surface area contributed by atoms with Crippen molar-refractivity contribution >= 4 is 9.84 Å². The van der Waals surface area contributed by atoms with Gasteiger partial charge in [-0.05, 0) is 26.2 Å². The van der Waals surface area contributed by atoms with Crippen molar-refractivity contribution in [3.05, 3.63) is 0 Å². The minimum atomic E-state index is -2.88. The number of hydrogen-bond acceptors (Lipinski definition) is 4. The van der Waals surface area contributed by atoms with Gasteiger partial charge in [0, 0.05) is 12.1 Å². The Hall–Kier alpha value is -0.130. The normalized spacial score (nSPS) is 35.2. The lowest BCUT2D eigenvalue weighted by Crippen LogP contribution is -2.51. The molecule has 1 saturated carbocycles. The maximum absolute atomic E-state index is 11.5. The van der Waals surface area contributed by atoms with Crippen molar-refractivity contribution in [3.63, 3.8) is 0 Å². The van der Waals surface area contributed by atoms with Crippen LogP contribution in [0, 0.1) is 0 Å². The third kappa shape index (κ3) is 3.68. The molecule has 0 amide bonds. The van der Waals surface area contributed by atoms with Crippen molar-refractivity contribution in [1.82, 2.24) is 5.32 Å². The number of β-amino-alcohol motifs (C(OH)–C–C–N with tert-alkyl or cyclic N) is 1. The van der Waals surface area contributed by atoms with Crippen LogP contribution in [0.5, 0.6) is 0 Å². The van der Waals surface area contributed by atoms with E-state index in [1.54, 1.807) is 0 Å². The molecule has 2 fully saturated rings. The Morgan fingerprint density at radius 2 is 1.72 bits per heavy atom. The van der Waals surface area contributed by atoms with E-state index in [2.05, 4.69) is 5.32 Å². The SMILES string of the molecule is CC1(NCC2(O)CCCCCC2)CCS(=O)(=O)C1. The molecule has 2 N–H and O–H groups in total. The van der Waals surface area contributed by atoms with Crippen molar-refractivity contribution in [3.8, 4) is 0 Å². The summed E-state index contributed by atoms with van der Waals surface area (Å²) >= 11 is 0. The number of aliphatic hydroxyl groups is 1. The summed E-state index contributed by atoms with van der Waals surface area (Å²) < 4.78 is 23.1. The maximum atomic E-state index is 11.5. The lowest BCUT2D eigenvalue weighted by atomic mass is 9.92. The highest BCUT2D eigenvalue weighted by Gasteiger charge is 2.40. The lowest BCUT2D eigenvalue weighted by molar-refractivity contribution is 0.0193. The highest BCUT2D eigenvalue weighted by Crippen LogP contribution is 2.28. The lowest BCUT2D eigenvalue weighted by Gasteiger charge is -2.32. The predicted molar refractivity (Wildman–Crippen MR) is 72.3 cm³/mol. The summed E-state index contributed by atoms with van der Waals surface area (Å²) in [6.07, 6.45) is 6.89. The number of sulfone groups is 1. The fourth-order valence-electron chi connectivity index (χ4n) is 3.09. The maximum Gasteiger partial charge on any atom is 0.152 e. The van der Waals surface area contributed by atoms with E-state index in [4.69, 9.17) is 0 Å². The molecule has 1 aliphatic heterocycles. The molecular formula is C13H25NO3S. The van der Waals surface area contributed by atoms with E-state index >= 15 is 0 Å². The fraction of sp³-hybridized carbons (Fsp3) is 1.00. The van der Waals surface area contributed by atoms with Crippen LogP contribution in [0.1, 0.15) is 51.9 Å². The molecule has 4 nitrogen and oxygen atoms in total. The summed E-state index contributed by atoms with van der Waals surface area (Å²) in [6.45, 7) is 2.48. The number of hydrogen-bond donors (Lipinski definition) is 2. The van der Waals surface area contributed by atoms with Crippen molar-refractivity contribution in [2.24, 2.45) is 0 Å². The first-order valence-corrected chi connectivity index (χ1v) is 8.83. The first-order chi connectivity index (χ1) is 8.33. The van der Waals surface area contributed by atoms with E-state index in [0.29, 0.717) is 13.0 Å². The van der Waals surface area contributed by atoms with Crippen molar-refractivity contribution in [2.45, 2.75) is 63.0 Å². The number of nitrogens with one attached hydrogen (secondary N) is 1. The van der Waals surface area contributed by atoms with Gasteiger partial charge in [0.1, 0.15) is 0 Å². The van der Waals surface area contributed by atoms with E-state index in [9.17, 15) is 13.5 Å². The first kappa shape index (κ1) is 14.3. The van der Waals surface area contributed by atoms with Gasteiger partial charge in [-0.1, -0.05) is 25.7 Å². The molecule has 1 heterocycles. The molecule has 0 aromatic heterocycles. The second-order valence-electron chi connectivity index (χ2n) is 6.39. The molecule has 2 rings (SSSR count). The van der Waals surface area contributed by atoms with Crippen LogP contribution in [0.25, 0.3) is 0 Å². The molecule has 1 aliphatic carbocycles. The second-order valence-corrected chi connectivity index (χ2v) is 8.58. The molecule has 0 aromatic carbocycles. The van der Waals surface area contributed by atoms with Gasteiger partial charge in [-0.25, -0.2) is 8.42 Å². The molecule has 0 aromatic rings. The van der Waals surface area contributed by atoms with Crippen LogP contribution >= 0.6 is 0 Å². The number of rotatable bonds is 3. The monoisotopic (exact) mass is 275 g/mol. The molecule has 0 bridgehead atoms. The van der Waals surface area contributed by atoms with Gasteiger partial charge >= 0.3 is 0 Å². The molecule has 1 atom stereocenters. The molecule has 1 saturated heterocycles. The minimum Gasteiger partial charge on any atom is -0.389 e. The standard InChI is InChI=1S/C13H25NO3S/c1-12(8-9-18(16,17)11-12)14-10-13(15)6-4-2-3-5-7-13/h14-15H,2-11H2,1H3. The van der Waals surface area contributed by atoms with Crippen molar-refractivity contribution in [1.29, 1.82) is 0 Å². The average Bonchev–Trinajstić information content (AvgIpc) is 2.47. The molecule has 0 spiro atoms. The largest absolute Gasteiger partial charge is 0.389 e. The van der Waals surface area contributed by atoms with E-state index in [-0.39, 0.29) is 17.0 Å².